The minimum Gasteiger partial charge on any atom is -0.493 e. The summed E-state index contributed by atoms with van der Waals surface area (Å²) in [5.41, 5.74) is 7.07. The van der Waals surface area contributed by atoms with E-state index in [-0.39, 0.29) is 11.8 Å². The summed E-state index contributed by atoms with van der Waals surface area (Å²) >= 11 is 0. The Morgan fingerprint density at radius 3 is 2.36 bits per heavy atom. The second kappa shape index (κ2) is 7.13. The second-order valence-corrected chi connectivity index (χ2v) is 5.31. The Labute approximate surface area is 129 Å². The Kier molecular flexibility index (Phi) is 5.21. The van der Waals surface area contributed by atoms with Crippen molar-refractivity contribution in [2.75, 3.05) is 27.3 Å². The van der Waals surface area contributed by atoms with Gasteiger partial charge in [-0.15, -0.1) is 0 Å². The molecule has 0 fully saturated rings. The summed E-state index contributed by atoms with van der Waals surface area (Å²) in [4.78, 5) is 23.7. The minimum absolute atomic E-state index is 0.200. The maximum absolute atomic E-state index is 11.8. The van der Waals surface area contributed by atoms with Gasteiger partial charge in [-0.05, 0) is 17.7 Å². The number of carbonyl (C=O) groups excluding carboxylic acids is 2. The van der Waals surface area contributed by atoms with Crippen molar-refractivity contribution < 1.29 is 24.0 Å². The van der Waals surface area contributed by atoms with E-state index in [1.54, 1.807) is 14.2 Å². The largest absolute Gasteiger partial charge is 0.493 e. The normalized spacial score (nSPS) is 16.4. The first-order chi connectivity index (χ1) is 10.5. The van der Waals surface area contributed by atoms with Crippen LogP contribution in [0, 0.1) is 0 Å². The minimum atomic E-state index is -0.288. The smallest absolute Gasteiger partial charge is 0.293 e. The number of rotatable bonds is 4. The average molecular weight is 308 g/mol. The lowest BCUT2D eigenvalue weighted by molar-refractivity contribution is -0.908. The van der Waals surface area contributed by atoms with Crippen molar-refractivity contribution >= 4 is 11.8 Å². The third-order valence-electron chi connectivity index (χ3n) is 3.68. The van der Waals surface area contributed by atoms with Gasteiger partial charge in [0, 0.05) is 18.9 Å². The van der Waals surface area contributed by atoms with Crippen molar-refractivity contribution in [2.45, 2.75) is 19.9 Å². The third kappa shape index (κ3) is 3.88. The summed E-state index contributed by atoms with van der Waals surface area (Å²) in [7, 11) is 3.23. The van der Waals surface area contributed by atoms with Crippen molar-refractivity contribution in [1.29, 1.82) is 0 Å². The molecule has 2 rings (SSSR count). The number of quaternary nitrogens is 1. The summed E-state index contributed by atoms with van der Waals surface area (Å²) < 4.78 is 10.6. The molecule has 0 bridgehead atoms. The molecule has 1 aliphatic rings. The SMILES string of the molecule is COc1cc2c(cc1OC)C[NH+](CC(=O)NNC(C)=O)CC2. The number of hydrogen-bond acceptors (Lipinski definition) is 4. The van der Waals surface area contributed by atoms with E-state index in [4.69, 9.17) is 9.47 Å². The number of carbonyl (C=O) groups is 2. The molecule has 7 nitrogen and oxygen atoms in total. The van der Waals surface area contributed by atoms with Crippen LogP contribution < -0.4 is 25.2 Å². The first-order valence-corrected chi connectivity index (χ1v) is 7.16. The Morgan fingerprint density at radius 2 is 1.77 bits per heavy atom. The van der Waals surface area contributed by atoms with Crippen LogP contribution in [0.25, 0.3) is 0 Å². The van der Waals surface area contributed by atoms with Gasteiger partial charge in [0.05, 0.1) is 20.8 Å². The molecule has 120 valence electrons. The maximum Gasteiger partial charge on any atom is 0.293 e. The van der Waals surface area contributed by atoms with Crippen molar-refractivity contribution in [3.63, 3.8) is 0 Å². The van der Waals surface area contributed by atoms with Gasteiger partial charge in [0.25, 0.3) is 5.91 Å². The fraction of sp³-hybridized carbons (Fsp3) is 0.467. The first-order valence-electron chi connectivity index (χ1n) is 7.16. The molecule has 1 aliphatic heterocycles. The predicted molar refractivity (Wildman–Crippen MR) is 79.6 cm³/mol. The molecule has 0 radical (unpaired) electrons. The molecular weight excluding hydrogens is 286 g/mol. The molecule has 1 aromatic carbocycles. The lowest BCUT2D eigenvalue weighted by Gasteiger charge is -2.26. The lowest BCUT2D eigenvalue weighted by atomic mass is 9.99. The van der Waals surface area contributed by atoms with Crippen LogP contribution in [0.3, 0.4) is 0 Å². The van der Waals surface area contributed by atoms with E-state index < -0.39 is 0 Å². The van der Waals surface area contributed by atoms with Crippen molar-refractivity contribution in [3.05, 3.63) is 23.3 Å². The number of hydrazine groups is 1. The fourth-order valence-electron chi connectivity index (χ4n) is 2.61. The van der Waals surface area contributed by atoms with Crippen molar-refractivity contribution in [1.82, 2.24) is 10.9 Å². The third-order valence-corrected chi connectivity index (χ3v) is 3.68. The summed E-state index contributed by atoms with van der Waals surface area (Å²) in [6.45, 7) is 3.26. The molecule has 1 atom stereocenters. The van der Waals surface area contributed by atoms with Gasteiger partial charge in [-0.25, -0.2) is 0 Å². The Bertz CT molecular complexity index is 574. The van der Waals surface area contributed by atoms with Gasteiger partial charge in [-0.2, -0.15) is 0 Å². The predicted octanol–water partition coefficient (Wildman–Crippen LogP) is -1.19. The molecule has 1 heterocycles. The number of amides is 2. The van der Waals surface area contributed by atoms with Crippen LogP contribution in [-0.4, -0.2) is 39.1 Å². The molecule has 3 N–H and O–H groups in total. The zero-order valence-corrected chi connectivity index (χ0v) is 13.1. The lowest BCUT2D eigenvalue weighted by Crippen LogP contribution is -3.13. The summed E-state index contributed by atoms with van der Waals surface area (Å²) in [5, 5.41) is 0. The highest BCUT2D eigenvalue weighted by Gasteiger charge is 2.23. The molecule has 0 saturated heterocycles. The van der Waals surface area contributed by atoms with Gasteiger partial charge >= 0.3 is 0 Å². The Balaban J connectivity index is 2.01. The van der Waals surface area contributed by atoms with E-state index in [9.17, 15) is 9.59 Å². The molecule has 0 saturated carbocycles. The van der Waals surface area contributed by atoms with E-state index >= 15 is 0 Å². The number of methoxy groups -OCH3 is 2. The number of ether oxygens (including phenoxy) is 2. The van der Waals surface area contributed by atoms with Crippen molar-refractivity contribution in [3.8, 4) is 11.5 Å². The quantitative estimate of drug-likeness (QED) is 0.611. The molecule has 0 spiro atoms. The Hall–Kier alpha value is -2.28. The molecule has 0 aromatic heterocycles. The standard InChI is InChI=1S/C15H21N3O4/c1-10(19)16-17-15(20)9-18-5-4-11-6-13(21-2)14(22-3)7-12(11)8-18/h6-7H,4-5,8-9H2,1-3H3,(H,16,19)(H,17,20)/p+1. The number of nitrogens with one attached hydrogen (secondary N) is 3. The van der Waals surface area contributed by atoms with Crippen LogP contribution in [0.5, 0.6) is 11.5 Å². The first kappa shape index (κ1) is 16.1. The van der Waals surface area contributed by atoms with Gasteiger partial charge in [0.2, 0.25) is 5.91 Å². The molecule has 1 unspecified atom stereocenters. The average Bonchev–Trinajstić information content (AvgIpc) is 2.51. The second-order valence-electron chi connectivity index (χ2n) is 5.31. The molecule has 2 amide bonds. The van der Waals surface area contributed by atoms with Gasteiger partial charge in [0.15, 0.2) is 18.0 Å². The monoisotopic (exact) mass is 308 g/mol. The molecule has 1 aromatic rings. The zero-order valence-electron chi connectivity index (χ0n) is 13.1. The highest BCUT2D eigenvalue weighted by atomic mass is 16.5. The van der Waals surface area contributed by atoms with Crippen molar-refractivity contribution in [2.24, 2.45) is 0 Å². The molecule has 7 heteroatoms. The summed E-state index contributed by atoms with van der Waals surface area (Å²) in [6, 6.07) is 3.97. The zero-order chi connectivity index (χ0) is 16.1. The van der Waals surface area contributed by atoms with Crippen LogP contribution in [0.15, 0.2) is 12.1 Å². The van der Waals surface area contributed by atoms with E-state index in [0.717, 1.165) is 35.7 Å². The number of fused-ring (bicyclic) bond motifs is 1. The van der Waals surface area contributed by atoms with E-state index in [0.29, 0.717) is 12.3 Å². The van der Waals surface area contributed by atoms with E-state index in [1.807, 2.05) is 12.1 Å². The van der Waals surface area contributed by atoms with Crippen LogP contribution in [0.4, 0.5) is 0 Å². The van der Waals surface area contributed by atoms with Crippen LogP contribution in [0.1, 0.15) is 18.1 Å². The van der Waals surface area contributed by atoms with Crippen LogP contribution >= 0.6 is 0 Å². The van der Waals surface area contributed by atoms with Gasteiger partial charge in [0.1, 0.15) is 6.54 Å². The number of hydrogen-bond donors (Lipinski definition) is 3. The van der Waals surface area contributed by atoms with Gasteiger partial charge in [-0.3, -0.25) is 20.4 Å². The van der Waals surface area contributed by atoms with Crippen LogP contribution in [0.2, 0.25) is 0 Å². The molecule has 22 heavy (non-hydrogen) atoms. The summed E-state index contributed by atoms with van der Waals surface area (Å²) in [5.74, 6) is 0.941. The summed E-state index contributed by atoms with van der Waals surface area (Å²) in [6.07, 6.45) is 0.873. The maximum atomic E-state index is 11.8. The molecular formula is C15H22N3O4+. The Morgan fingerprint density at radius 1 is 1.14 bits per heavy atom. The number of benzene rings is 1. The fourth-order valence-corrected chi connectivity index (χ4v) is 2.61. The van der Waals surface area contributed by atoms with Gasteiger partial charge in [-0.1, -0.05) is 0 Å². The van der Waals surface area contributed by atoms with Crippen LogP contribution in [-0.2, 0) is 22.6 Å². The van der Waals surface area contributed by atoms with Gasteiger partial charge < -0.3 is 14.4 Å². The molecule has 0 aliphatic carbocycles. The van der Waals surface area contributed by atoms with E-state index in [2.05, 4.69) is 10.9 Å². The van der Waals surface area contributed by atoms with E-state index in [1.165, 1.54) is 12.5 Å². The topological polar surface area (TPSA) is 81.1 Å². The highest BCUT2D eigenvalue weighted by molar-refractivity contribution is 5.81. The highest BCUT2D eigenvalue weighted by Crippen LogP contribution is 2.31.